The van der Waals surface area contributed by atoms with Crippen LogP contribution in [0.3, 0.4) is 0 Å². The second kappa shape index (κ2) is 8.68. The van der Waals surface area contributed by atoms with Crippen LogP contribution in [0.15, 0.2) is 53.0 Å². The molecule has 1 aliphatic rings. The van der Waals surface area contributed by atoms with E-state index < -0.39 is 6.09 Å². The number of aromatic nitrogens is 1. The van der Waals surface area contributed by atoms with Gasteiger partial charge in [-0.15, -0.1) is 0 Å². The number of carboxylic acid groups (broad SMARTS) is 1. The summed E-state index contributed by atoms with van der Waals surface area (Å²) in [5.74, 6) is 0. The second-order valence-corrected chi connectivity index (χ2v) is 6.75. The van der Waals surface area contributed by atoms with Gasteiger partial charge in [0.1, 0.15) is 0 Å². The zero-order valence-corrected chi connectivity index (χ0v) is 15.4. The molecule has 27 heavy (non-hydrogen) atoms. The monoisotopic (exact) mass is 368 g/mol. The fourth-order valence-corrected chi connectivity index (χ4v) is 3.24. The Morgan fingerprint density at radius 2 is 1.78 bits per heavy atom. The van der Waals surface area contributed by atoms with E-state index in [2.05, 4.69) is 6.08 Å². The number of rotatable bonds is 5. The number of pyridine rings is 1. The molecular formula is C21H24N2O4. The van der Waals surface area contributed by atoms with Crippen LogP contribution in [-0.4, -0.2) is 40.9 Å². The Morgan fingerprint density at radius 3 is 2.41 bits per heavy atom. The minimum Gasteiger partial charge on any atom is -0.465 e. The lowest BCUT2D eigenvalue weighted by atomic mass is 10.0. The zero-order chi connectivity index (χ0) is 19.2. The number of likely N-dealkylation sites (tertiary alicyclic amines) is 1. The Morgan fingerprint density at radius 1 is 1.11 bits per heavy atom. The molecule has 1 aromatic carbocycles. The highest BCUT2D eigenvalue weighted by Gasteiger charge is 2.17. The molecule has 142 valence electrons. The highest BCUT2D eigenvalue weighted by atomic mass is 16.5. The molecule has 6 heteroatoms. The predicted molar refractivity (Wildman–Crippen MR) is 104 cm³/mol. The van der Waals surface area contributed by atoms with Crippen LogP contribution in [0.2, 0.25) is 0 Å². The average molecular weight is 368 g/mol. The van der Waals surface area contributed by atoms with Gasteiger partial charge in [-0.3, -0.25) is 4.79 Å². The summed E-state index contributed by atoms with van der Waals surface area (Å²) in [5, 5.41) is 9.01. The molecular weight excluding hydrogens is 344 g/mol. The van der Waals surface area contributed by atoms with Gasteiger partial charge in [-0.05, 0) is 35.6 Å². The van der Waals surface area contributed by atoms with Gasteiger partial charge in [0.2, 0.25) is 0 Å². The molecule has 1 saturated heterocycles. The fraction of sp³-hybridized carbons (Fsp3) is 0.333. The van der Waals surface area contributed by atoms with Gasteiger partial charge in [0.15, 0.2) is 0 Å². The van der Waals surface area contributed by atoms with Crippen molar-refractivity contribution in [3.8, 4) is 0 Å². The van der Waals surface area contributed by atoms with Crippen molar-refractivity contribution in [1.82, 2.24) is 9.47 Å². The molecule has 0 spiro atoms. The number of carbonyl (C=O) groups is 1. The Bertz CT molecular complexity index is 874. The maximum Gasteiger partial charge on any atom is 0.407 e. The van der Waals surface area contributed by atoms with E-state index in [1.165, 1.54) is 10.5 Å². The van der Waals surface area contributed by atoms with Crippen LogP contribution in [0.5, 0.6) is 0 Å². The first-order valence-corrected chi connectivity index (χ1v) is 9.00. The second-order valence-electron chi connectivity index (χ2n) is 6.75. The van der Waals surface area contributed by atoms with E-state index >= 15 is 0 Å². The predicted octanol–water partition coefficient (Wildman–Crippen LogP) is 3.20. The lowest BCUT2D eigenvalue weighted by Gasteiger charge is -2.25. The third kappa shape index (κ3) is 5.08. The van der Waals surface area contributed by atoms with Crippen molar-refractivity contribution in [1.29, 1.82) is 0 Å². The van der Waals surface area contributed by atoms with E-state index in [9.17, 15) is 9.59 Å². The number of amides is 1. The molecule has 2 heterocycles. The summed E-state index contributed by atoms with van der Waals surface area (Å²) >= 11 is 0. The third-order valence-electron chi connectivity index (χ3n) is 4.74. The van der Waals surface area contributed by atoms with Gasteiger partial charge in [-0.2, -0.15) is 0 Å². The quantitative estimate of drug-likeness (QED) is 0.880. The van der Waals surface area contributed by atoms with Gasteiger partial charge < -0.3 is 19.3 Å². The Hall–Kier alpha value is -2.86. The van der Waals surface area contributed by atoms with E-state index in [0.29, 0.717) is 26.2 Å². The van der Waals surface area contributed by atoms with Crippen molar-refractivity contribution >= 4 is 12.2 Å². The molecule has 0 aliphatic carbocycles. The highest BCUT2D eigenvalue weighted by Crippen LogP contribution is 2.20. The van der Waals surface area contributed by atoms with Crippen molar-refractivity contribution in [2.75, 3.05) is 20.2 Å². The van der Waals surface area contributed by atoms with Crippen molar-refractivity contribution < 1.29 is 14.6 Å². The lowest BCUT2D eigenvalue weighted by Crippen LogP contribution is -2.35. The highest BCUT2D eigenvalue weighted by molar-refractivity contribution is 5.65. The Labute approximate surface area is 158 Å². The topological polar surface area (TPSA) is 71.8 Å². The summed E-state index contributed by atoms with van der Waals surface area (Å²) in [6, 6.07) is 11.5. The van der Waals surface area contributed by atoms with Gasteiger partial charge >= 0.3 is 6.09 Å². The van der Waals surface area contributed by atoms with E-state index in [1.807, 2.05) is 30.5 Å². The largest absolute Gasteiger partial charge is 0.465 e. The molecule has 1 amide bonds. The summed E-state index contributed by atoms with van der Waals surface area (Å²) in [4.78, 5) is 24.5. The summed E-state index contributed by atoms with van der Waals surface area (Å²) in [5.41, 5.74) is 4.34. The first kappa shape index (κ1) is 18.9. The van der Waals surface area contributed by atoms with Crippen molar-refractivity contribution in [3.63, 3.8) is 0 Å². The van der Waals surface area contributed by atoms with Crippen LogP contribution < -0.4 is 5.56 Å². The van der Waals surface area contributed by atoms with Crippen molar-refractivity contribution in [2.24, 2.45) is 0 Å². The fourth-order valence-electron chi connectivity index (χ4n) is 3.24. The van der Waals surface area contributed by atoms with Crippen LogP contribution in [0.4, 0.5) is 4.79 Å². The van der Waals surface area contributed by atoms with Crippen molar-refractivity contribution in [2.45, 2.75) is 26.0 Å². The van der Waals surface area contributed by atoms with Gasteiger partial charge in [0.25, 0.3) is 5.56 Å². The van der Waals surface area contributed by atoms with Gasteiger partial charge in [0.05, 0.1) is 13.2 Å². The molecule has 1 aromatic heterocycles. The minimum atomic E-state index is -0.844. The standard InChI is InChI=1S/C21H24N2O4/c1-27-15-19-6-7-20(24)23(14-19)13-18-4-2-16(3-5-18)12-17-8-10-22(11-9-17)21(25)26/h2-7,12,14H,8-11,13,15H2,1H3,(H,25,26). The molecule has 0 saturated carbocycles. The van der Waals surface area contributed by atoms with Crippen LogP contribution in [0, 0.1) is 0 Å². The average Bonchev–Trinajstić information content (AvgIpc) is 2.67. The molecule has 0 bridgehead atoms. The van der Waals surface area contributed by atoms with E-state index in [0.717, 1.165) is 29.5 Å². The number of nitrogens with zero attached hydrogens (tertiary/aromatic N) is 2. The molecule has 6 nitrogen and oxygen atoms in total. The van der Waals surface area contributed by atoms with Crippen LogP contribution in [0.25, 0.3) is 6.08 Å². The zero-order valence-electron chi connectivity index (χ0n) is 15.4. The lowest BCUT2D eigenvalue weighted by molar-refractivity contribution is 0.142. The van der Waals surface area contributed by atoms with Crippen LogP contribution >= 0.6 is 0 Å². The third-order valence-corrected chi connectivity index (χ3v) is 4.74. The molecule has 0 atom stereocenters. The number of methoxy groups -OCH3 is 1. The number of benzene rings is 1. The Kier molecular flexibility index (Phi) is 6.08. The molecule has 0 unspecified atom stereocenters. The summed E-state index contributed by atoms with van der Waals surface area (Å²) in [7, 11) is 1.63. The molecule has 1 aliphatic heterocycles. The van der Waals surface area contributed by atoms with Crippen LogP contribution in [-0.2, 0) is 17.9 Å². The number of hydrogen-bond donors (Lipinski definition) is 1. The number of hydrogen-bond acceptors (Lipinski definition) is 3. The summed E-state index contributed by atoms with van der Waals surface area (Å²) in [6.45, 7) is 2.10. The van der Waals surface area contributed by atoms with Crippen molar-refractivity contribution in [3.05, 3.63) is 75.2 Å². The smallest absolute Gasteiger partial charge is 0.407 e. The number of ether oxygens (including phenoxy) is 1. The van der Waals surface area contributed by atoms with Gasteiger partial charge in [0, 0.05) is 32.5 Å². The first-order valence-electron chi connectivity index (χ1n) is 9.00. The minimum absolute atomic E-state index is 0.0359. The van der Waals surface area contributed by atoms with E-state index in [1.54, 1.807) is 23.8 Å². The van der Waals surface area contributed by atoms with E-state index in [4.69, 9.17) is 9.84 Å². The molecule has 1 fully saturated rings. The maximum atomic E-state index is 12.1. The summed E-state index contributed by atoms with van der Waals surface area (Å²) < 4.78 is 6.81. The number of piperidine rings is 1. The maximum absolute atomic E-state index is 12.1. The van der Waals surface area contributed by atoms with Gasteiger partial charge in [-0.1, -0.05) is 35.9 Å². The Balaban J connectivity index is 1.66. The molecule has 0 radical (unpaired) electrons. The first-order chi connectivity index (χ1) is 13.0. The van der Waals surface area contributed by atoms with E-state index in [-0.39, 0.29) is 5.56 Å². The molecule has 1 N–H and O–H groups in total. The van der Waals surface area contributed by atoms with Crippen LogP contribution in [0.1, 0.15) is 29.5 Å². The molecule has 2 aromatic rings. The molecule has 3 rings (SSSR count). The summed E-state index contributed by atoms with van der Waals surface area (Å²) in [6.07, 6.45) is 4.67. The SMILES string of the molecule is COCc1ccc(=O)n(Cc2ccc(C=C3CCN(C(=O)O)CC3)cc2)c1. The normalized spacial score (nSPS) is 14.3. The van der Waals surface area contributed by atoms with Gasteiger partial charge in [-0.25, -0.2) is 4.79 Å².